The van der Waals surface area contributed by atoms with E-state index in [1.54, 1.807) is 0 Å². The van der Waals surface area contributed by atoms with E-state index in [2.05, 4.69) is 49.3 Å². The van der Waals surface area contributed by atoms with Crippen LogP contribution in [-0.4, -0.2) is 5.78 Å². The number of carbonyl (C=O) groups is 1. The molecular formula is C20H15Br2NO. The maximum absolute atomic E-state index is 12.8. The van der Waals surface area contributed by atoms with Gasteiger partial charge in [0.1, 0.15) is 0 Å². The minimum Gasteiger partial charge on any atom is -0.380 e. The fourth-order valence-electron chi connectivity index (χ4n) is 2.45. The van der Waals surface area contributed by atoms with Gasteiger partial charge in [0.25, 0.3) is 0 Å². The summed E-state index contributed by atoms with van der Waals surface area (Å²) in [7, 11) is 0. The normalized spacial score (nSPS) is 10.4. The summed E-state index contributed by atoms with van der Waals surface area (Å²) >= 11 is 6.93. The number of hydrogen-bond donors (Lipinski definition) is 1. The summed E-state index contributed by atoms with van der Waals surface area (Å²) in [6.45, 7) is 0.649. The molecule has 0 atom stereocenters. The standard InChI is InChI=1S/C20H15Br2NO/c21-16-8-4-5-14(11-16)13-23-19-10-9-17(22)12-18(19)20(24)15-6-2-1-3-7-15/h1-12,23H,13H2. The van der Waals surface area contributed by atoms with Crippen LogP contribution >= 0.6 is 31.9 Å². The molecule has 2 nitrogen and oxygen atoms in total. The van der Waals surface area contributed by atoms with Gasteiger partial charge in [-0.1, -0.05) is 74.3 Å². The largest absolute Gasteiger partial charge is 0.380 e. The van der Waals surface area contributed by atoms with Crippen molar-refractivity contribution in [1.29, 1.82) is 0 Å². The Morgan fingerprint density at radius 1 is 0.833 bits per heavy atom. The Kier molecular flexibility index (Phi) is 5.48. The number of hydrogen-bond acceptors (Lipinski definition) is 2. The molecule has 120 valence electrons. The highest BCUT2D eigenvalue weighted by Crippen LogP contribution is 2.25. The monoisotopic (exact) mass is 443 g/mol. The van der Waals surface area contributed by atoms with Gasteiger partial charge in [0.05, 0.1) is 0 Å². The first-order valence-electron chi connectivity index (χ1n) is 7.51. The maximum Gasteiger partial charge on any atom is 0.195 e. The molecule has 0 spiro atoms. The van der Waals surface area contributed by atoms with Crippen LogP contribution in [0.4, 0.5) is 5.69 Å². The molecule has 0 fully saturated rings. The second-order valence-corrected chi connectivity index (χ2v) is 7.20. The van der Waals surface area contributed by atoms with Crippen molar-refractivity contribution in [3.8, 4) is 0 Å². The van der Waals surface area contributed by atoms with Gasteiger partial charge < -0.3 is 5.32 Å². The average molecular weight is 445 g/mol. The third-order valence-electron chi connectivity index (χ3n) is 3.63. The van der Waals surface area contributed by atoms with E-state index >= 15 is 0 Å². The SMILES string of the molecule is O=C(c1ccccc1)c1cc(Br)ccc1NCc1cccc(Br)c1. The lowest BCUT2D eigenvalue weighted by Gasteiger charge is -2.12. The third kappa shape index (κ3) is 4.13. The summed E-state index contributed by atoms with van der Waals surface area (Å²) in [5.41, 5.74) is 3.31. The van der Waals surface area contributed by atoms with E-state index in [9.17, 15) is 4.79 Å². The Labute approximate surface area is 158 Å². The van der Waals surface area contributed by atoms with Crippen LogP contribution in [0, 0.1) is 0 Å². The van der Waals surface area contributed by atoms with E-state index < -0.39 is 0 Å². The van der Waals surface area contributed by atoms with Gasteiger partial charge in [0.15, 0.2) is 5.78 Å². The molecule has 0 aromatic heterocycles. The Balaban J connectivity index is 1.87. The quantitative estimate of drug-likeness (QED) is 0.485. The summed E-state index contributed by atoms with van der Waals surface area (Å²) in [5.74, 6) is 0.00800. The molecule has 0 aliphatic heterocycles. The smallest absolute Gasteiger partial charge is 0.195 e. The van der Waals surface area contributed by atoms with Crippen LogP contribution in [0.15, 0.2) is 81.7 Å². The second-order valence-electron chi connectivity index (χ2n) is 5.37. The summed E-state index contributed by atoms with van der Waals surface area (Å²) in [4.78, 5) is 12.8. The molecule has 24 heavy (non-hydrogen) atoms. The van der Waals surface area contributed by atoms with E-state index in [-0.39, 0.29) is 5.78 Å². The van der Waals surface area contributed by atoms with Crippen molar-refractivity contribution >= 4 is 43.3 Å². The van der Waals surface area contributed by atoms with Crippen LogP contribution in [0.3, 0.4) is 0 Å². The van der Waals surface area contributed by atoms with Crippen LogP contribution in [0.5, 0.6) is 0 Å². The molecule has 0 unspecified atom stereocenters. The van der Waals surface area contributed by atoms with Crippen molar-refractivity contribution in [1.82, 2.24) is 0 Å². The van der Waals surface area contributed by atoms with Crippen molar-refractivity contribution in [3.05, 3.63) is 98.4 Å². The lowest BCUT2D eigenvalue weighted by Crippen LogP contribution is -2.08. The molecule has 3 aromatic rings. The molecule has 0 saturated carbocycles. The van der Waals surface area contributed by atoms with Crippen molar-refractivity contribution in [2.45, 2.75) is 6.54 Å². The predicted octanol–water partition coefficient (Wildman–Crippen LogP) is 6.05. The molecule has 0 bridgehead atoms. The van der Waals surface area contributed by atoms with Gasteiger partial charge in [-0.2, -0.15) is 0 Å². The highest BCUT2D eigenvalue weighted by molar-refractivity contribution is 9.10. The van der Waals surface area contributed by atoms with Crippen molar-refractivity contribution in [3.63, 3.8) is 0 Å². The number of halogens is 2. The zero-order valence-corrected chi connectivity index (χ0v) is 16.0. The molecule has 3 rings (SSSR count). The van der Waals surface area contributed by atoms with Gasteiger partial charge in [-0.15, -0.1) is 0 Å². The van der Waals surface area contributed by atoms with Gasteiger partial charge in [-0.3, -0.25) is 4.79 Å². The predicted molar refractivity (Wildman–Crippen MR) is 105 cm³/mol. The first-order chi connectivity index (χ1) is 11.6. The number of nitrogens with one attached hydrogen (secondary N) is 1. The number of carbonyl (C=O) groups excluding carboxylic acids is 1. The number of benzene rings is 3. The Bertz CT molecular complexity index is 863. The molecule has 0 aliphatic carbocycles. The van der Waals surface area contributed by atoms with Crippen LogP contribution in [0.25, 0.3) is 0 Å². The Morgan fingerprint density at radius 2 is 1.58 bits per heavy atom. The zero-order chi connectivity index (χ0) is 16.9. The van der Waals surface area contributed by atoms with Gasteiger partial charge >= 0.3 is 0 Å². The summed E-state index contributed by atoms with van der Waals surface area (Å²) in [6, 6.07) is 23.2. The topological polar surface area (TPSA) is 29.1 Å². The average Bonchev–Trinajstić information content (AvgIpc) is 2.61. The molecule has 4 heteroatoms. The first-order valence-corrected chi connectivity index (χ1v) is 9.10. The van der Waals surface area contributed by atoms with Crippen LogP contribution in [0.1, 0.15) is 21.5 Å². The van der Waals surface area contributed by atoms with E-state index in [0.29, 0.717) is 17.7 Å². The fourth-order valence-corrected chi connectivity index (χ4v) is 3.26. The molecule has 0 saturated heterocycles. The molecular weight excluding hydrogens is 430 g/mol. The highest BCUT2D eigenvalue weighted by atomic mass is 79.9. The molecule has 0 aliphatic rings. The highest BCUT2D eigenvalue weighted by Gasteiger charge is 2.14. The molecule has 0 amide bonds. The fraction of sp³-hybridized carbons (Fsp3) is 0.0500. The lowest BCUT2D eigenvalue weighted by atomic mass is 10.0. The van der Waals surface area contributed by atoms with Crippen LogP contribution in [0.2, 0.25) is 0 Å². The Hall–Kier alpha value is -1.91. The van der Waals surface area contributed by atoms with Gasteiger partial charge in [-0.25, -0.2) is 0 Å². The van der Waals surface area contributed by atoms with E-state index in [0.717, 1.165) is 20.2 Å². The molecule has 1 N–H and O–H groups in total. The van der Waals surface area contributed by atoms with Crippen molar-refractivity contribution < 1.29 is 4.79 Å². The van der Waals surface area contributed by atoms with E-state index in [4.69, 9.17) is 0 Å². The second kappa shape index (κ2) is 7.77. The lowest BCUT2D eigenvalue weighted by molar-refractivity contribution is 0.103. The minimum atomic E-state index is 0.00800. The summed E-state index contributed by atoms with van der Waals surface area (Å²) in [6.07, 6.45) is 0. The molecule has 0 radical (unpaired) electrons. The first kappa shape index (κ1) is 16.9. The van der Waals surface area contributed by atoms with Gasteiger partial charge in [-0.05, 0) is 35.9 Å². The van der Waals surface area contributed by atoms with Crippen molar-refractivity contribution in [2.75, 3.05) is 5.32 Å². The Morgan fingerprint density at radius 3 is 2.33 bits per heavy atom. The van der Waals surface area contributed by atoms with E-state index in [1.165, 1.54) is 0 Å². The van der Waals surface area contributed by atoms with Gasteiger partial charge in [0, 0.05) is 32.3 Å². The maximum atomic E-state index is 12.8. The summed E-state index contributed by atoms with van der Waals surface area (Å²) in [5, 5.41) is 3.37. The van der Waals surface area contributed by atoms with E-state index in [1.807, 2.05) is 60.7 Å². The van der Waals surface area contributed by atoms with Crippen LogP contribution in [-0.2, 0) is 6.54 Å². The summed E-state index contributed by atoms with van der Waals surface area (Å²) < 4.78 is 1.92. The van der Waals surface area contributed by atoms with Crippen molar-refractivity contribution in [2.24, 2.45) is 0 Å². The third-order valence-corrected chi connectivity index (χ3v) is 4.62. The zero-order valence-electron chi connectivity index (χ0n) is 12.8. The molecule has 0 heterocycles. The number of anilines is 1. The number of rotatable bonds is 5. The minimum absolute atomic E-state index is 0.00800. The molecule has 3 aromatic carbocycles. The van der Waals surface area contributed by atoms with Crippen LogP contribution < -0.4 is 5.32 Å². The number of ketones is 1. The van der Waals surface area contributed by atoms with Gasteiger partial charge in [0.2, 0.25) is 0 Å².